The first-order valence-electron chi connectivity index (χ1n) is 5.66. The molecule has 2 N–H and O–H groups in total. The Morgan fingerprint density at radius 3 is 2.75 bits per heavy atom. The first-order chi connectivity index (χ1) is 9.72. The molecule has 1 aromatic carbocycles. The third-order valence-corrected chi connectivity index (χ3v) is 3.23. The van der Waals surface area contributed by atoms with Crippen LogP contribution >= 0.6 is 24.0 Å². The smallest absolute Gasteiger partial charge is 0.197 e. The van der Waals surface area contributed by atoms with Gasteiger partial charge in [-0.2, -0.15) is 5.26 Å². The van der Waals surface area contributed by atoms with Gasteiger partial charge in [0, 0.05) is 11.9 Å². The van der Waals surface area contributed by atoms with E-state index >= 15 is 0 Å². The lowest BCUT2D eigenvalue weighted by Gasteiger charge is -2.03. The van der Waals surface area contributed by atoms with E-state index in [0.717, 1.165) is 16.9 Å². The maximum Gasteiger partial charge on any atom is 0.197 e. The van der Waals surface area contributed by atoms with Crippen LogP contribution in [0.2, 0.25) is 0 Å². The van der Waals surface area contributed by atoms with Crippen LogP contribution in [0.4, 0.5) is 5.69 Å². The summed E-state index contributed by atoms with van der Waals surface area (Å²) in [6, 6.07) is 9.48. The van der Waals surface area contributed by atoms with Crippen LogP contribution in [0.3, 0.4) is 0 Å². The molecule has 0 atom stereocenters. The van der Waals surface area contributed by atoms with E-state index in [1.54, 1.807) is 6.20 Å². The summed E-state index contributed by atoms with van der Waals surface area (Å²) in [4.78, 5) is 11.3. The Hall–Kier alpha value is -2.17. The van der Waals surface area contributed by atoms with Crippen molar-refractivity contribution >= 4 is 34.8 Å². The zero-order chi connectivity index (χ0) is 14.4. The molecular formula is C13H11N5S2. The summed E-state index contributed by atoms with van der Waals surface area (Å²) in [5, 5.41) is 11.7. The molecule has 7 heteroatoms. The number of amidine groups is 1. The van der Waals surface area contributed by atoms with Crippen LogP contribution in [-0.2, 0) is 0 Å². The Balaban J connectivity index is 2.27. The first-order valence-corrected chi connectivity index (χ1v) is 7.30. The molecule has 5 nitrogen and oxygen atoms in total. The van der Waals surface area contributed by atoms with E-state index in [2.05, 4.69) is 20.3 Å². The van der Waals surface area contributed by atoms with Crippen molar-refractivity contribution in [2.24, 2.45) is 4.99 Å². The summed E-state index contributed by atoms with van der Waals surface area (Å²) < 4.78 is 0.451. The Morgan fingerprint density at radius 2 is 2.15 bits per heavy atom. The van der Waals surface area contributed by atoms with Gasteiger partial charge in [0.25, 0.3) is 0 Å². The minimum atomic E-state index is 0.451. The molecule has 0 fully saturated rings. The standard InChI is InChI=1S/C13H11N5S2/c1-20-13(16-8-14)17-10-4-2-9(3-5-10)11-6-7-15-12(19)18-11/h2-7H,1H3,(H,16,17)(H,15,18,19). The van der Waals surface area contributed by atoms with Gasteiger partial charge in [0.2, 0.25) is 0 Å². The minimum Gasteiger partial charge on any atom is -0.330 e. The highest BCUT2D eigenvalue weighted by atomic mass is 32.2. The highest BCUT2D eigenvalue weighted by Gasteiger charge is 2.00. The number of hydrogen-bond acceptors (Lipinski definition) is 5. The van der Waals surface area contributed by atoms with Crippen LogP contribution < -0.4 is 5.32 Å². The Morgan fingerprint density at radius 1 is 1.40 bits per heavy atom. The number of aromatic amines is 1. The highest BCUT2D eigenvalue weighted by Crippen LogP contribution is 2.21. The molecule has 0 aliphatic rings. The van der Waals surface area contributed by atoms with Crippen molar-refractivity contribution in [1.82, 2.24) is 15.3 Å². The van der Waals surface area contributed by atoms with Gasteiger partial charge >= 0.3 is 0 Å². The third-order valence-electron chi connectivity index (χ3n) is 2.44. The van der Waals surface area contributed by atoms with Gasteiger partial charge in [-0.15, -0.1) is 0 Å². The molecule has 1 heterocycles. The molecular weight excluding hydrogens is 290 g/mol. The Kier molecular flexibility index (Phi) is 4.87. The molecule has 0 spiro atoms. The number of hydrogen-bond donors (Lipinski definition) is 2. The molecule has 2 rings (SSSR count). The summed E-state index contributed by atoms with van der Waals surface area (Å²) in [6.07, 6.45) is 5.38. The van der Waals surface area contributed by atoms with E-state index in [-0.39, 0.29) is 0 Å². The second-order valence-corrected chi connectivity index (χ2v) is 4.88. The number of rotatable bonds is 2. The van der Waals surface area contributed by atoms with Crippen LogP contribution in [0.15, 0.2) is 41.5 Å². The van der Waals surface area contributed by atoms with Crippen molar-refractivity contribution in [3.8, 4) is 17.5 Å². The fourth-order valence-electron chi connectivity index (χ4n) is 1.54. The van der Waals surface area contributed by atoms with E-state index < -0.39 is 0 Å². The van der Waals surface area contributed by atoms with Crippen LogP contribution in [0, 0.1) is 16.2 Å². The molecule has 2 aromatic rings. The largest absolute Gasteiger partial charge is 0.330 e. The zero-order valence-corrected chi connectivity index (χ0v) is 12.3. The summed E-state index contributed by atoms with van der Waals surface area (Å²) >= 11 is 6.38. The predicted molar refractivity (Wildman–Crippen MR) is 84.2 cm³/mol. The van der Waals surface area contributed by atoms with Crippen LogP contribution in [0.25, 0.3) is 11.3 Å². The monoisotopic (exact) mass is 301 g/mol. The number of aromatic nitrogens is 2. The number of aliphatic imine (C=N–C) groups is 1. The summed E-state index contributed by atoms with van der Waals surface area (Å²) in [7, 11) is 0. The number of nitrogens with zero attached hydrogens (tertiary/aromatic N) is 3. The maximum atomic E-state index is 8.59. The molecule has 0 radical (unpaired) electrons. The van der Waals surface area contributed by atoms with Crippen molar-refractivity contribution in [1.29, 1.82) is 5.26 Å². The predicted octanol–water partition coefficient (Wildman–Crippen LogP) is 3.23. The van der Waals surface area contributed by atoms with E-state index in [9.17, 15) is 0 Å². The molecule has 0 saturated carbocycles. The van der Waals surface area contributed by atoms with Crippen molar-refractivity contribution in [2.45, 2.75) is 0 Å². The van der Waals surface area contributed by atoms with Gasteiger partial charge in [-0.3, -0.25) is 5.32 Å². The number of thioether (sulfide) groups is 1. The minimum absolute atomic E-state index is 0.451. The quantitative estimate of drug-likeness (QED) is 0.293. The average Bonchev–Trinajstić information content (AvgIpc) is 2.47. The molecule has 0 aliphatic carbocycles. The van der Waals surface area contributed by atoms with Gasteiger partial charge in [0.05, 0.1) is 5.69 Å². The fraction of sp³-hybridized carbons (Fsp3) is 0.0769. The lowest BCUT2D eigenvalue weighted by Crippen LogP contribution is -2.12. The Labute approximate surface area is 125 Å². The number of benzene rings is 1. The van der Waals surface area contributed by atoms with Crippen LogP contribution in [0.1, 0.15) is 0 Å². The van der Waals surface area contributed by atoms with Crippen molar-refractivity contribution in [2.75, 3.05) is 6.26 Å². The Bertz CT molecular complexity index is 713. The van der Waals surface area contributed by atoms with Crippen molar-refractivity contribution in [3.63, 3.8) is 0 Å². The highest BCUT2D eigenvalue weighted by molar-refractivity contribution is 8.13. The van der Waals surface area contributed by atoms with Crippen molar-refractivity contribution < 1.29 is 0 Å². The van der Waals surface area contributed by atoms with Crippen LogP contribution in [-0.4, -0.2) is 21.4 Å². The third kappa shape index (κ3) is 3.66. The topological polar surface area (TPSA) is 76.9 Å². The number of nitriles is 1. The molecule has 1 aromatic heterocycles. The first kappa shape index (κ1) is 14.2. The average molecular weight is 301 g/mol. The molecule has 0 bridgehead atoms. The van der Waals surface area contributed by atoms with Crippen LogP contribution in [0.5, 0.6) is 0 Å². The fourth-order valence-corrected chi connectivity index (χ4v) is 2.06. The second-order valence-electron chi connectivity index (χ2n) is 3.69. The van der Waals surface area contributed by atoms with Crippen molar-refractivity contribution in [3.05, 3.63) is 41.3 Å². The molecule has 0 amide bonds. The molecule has 0 unspecified atom stereocenters. The van der Waals surface area contributed by atoms with Gasteiger partial charge in [0.15, 0.2) is 16.1 Å². The zero-order valence-electron chi connectivity index (χ0n) is 10.6. The lowest BCUT2D eigenvalue weighted by atomic mass is 10.1. The number of nitrogens with one attached hydrogen (secondary N) is 2. The maximum absolute atomic E-state index is 8.59. The van der Waals surface area contributed by atoms with E-state index in [1.165, 1.54) is 11.8 Å². The number of H-pyrrole nitrogens is 1. The second kappa shape index (κ2) is 6.84. The summed E-state index contributed by atoms with van der Waals surface area (Å²) in [6.45, 7) is 0. The molecule has 0 saturated heterocycles. The van der Waals surface area contributed by atoms with Gasteiger partial charge in [-0.1, -0.05) is 23.9 Å². The SMILES string of the molecule is CSC(=Nc1ccc(-c2ccnc(=S)[nH]2)cc1)NC#N. The van der Waals surface area contributed by atoms with Gasteiger partial charge in [-0.05, 0) is 42.2 Å². The summed E-state index contributed by atoms with van der Waals surface area (Å²) in [5.74, 6) is 0. The molecule has 100 valence electrons. The van der Waals surface area contributed by atoms with Gasteiger partial charge in [-0.25, -0.2) is 9.98 Å². The van der Waals surface area contributed by atoms with E-state index in [0.29, 0.717) is 9.94 Å². The van der Waals surface area contributed by atoms with E-state index in [4.69, 9.17) is 17.5 Å². The normalized spacial score (nSPS) is 10.9. The lowest BCUT2D eigenvalue weighted by molar-refractivity contribution is 1.14. The summed E-state index contributed by atoms with van der Waals surface area (Å²) in [5.41, 5.74) is 2.67. The van der Waals surface area contributed by atoms with Gasteiger partial charge < -0.3 is 4.98 Å². The molecule has 20 heavy (non-hydrogen) atoms. The van der Waals surface area contributed by atoms with E-state index in [1.807, 2.05) is 42.8 Å². The van der Waals surface area contributed by atoms with Gasteiger partial charge in [0.1, 0.15) is 0 Å². The molecule has 0 aliphatic heterocycles.